The number of carboxylic acid groups (broad SMARTS) is 1. The lowest BCUT2D eigenvalue weighted by molar-refractivity contribution is -0.137. The fourth-order valence-electron chi connectivity index (χ4n) is 0.664. The fraction of sp³-hybridized carbons (Fsp3) is 0.333. The van der Waals surface area contributed by atoms with Crippen molar-refractivity contribution < 1.29 is 9.90 Å². The molecule has 1 aromatic heterocycles. The molecule has 62 valence electrons. The standard InChI is InChI=1S/C6H6N4O2/c7-3-5-8-4-10(9-5)2-1-6(11)12/h4H,1-2H2,(H,11,12). The Morgan fingerprint density at radius 1 is 1.83 bits per heavy atom. The van der Waals surface area contributed by atoms with Crippen molar-refractivity contribution in [3.63, 3.8) is 0 Å². The maximum absolute atomic E-state index is 10.1. The van der Waals surface area contributed by atoms with Gasteiger partial charge in [-0.3, -0.25) is 9.48 Å². The monoisotopic (exact) mass is 166 g/mol. The molecular formula is C6H6N4O2. The zero-order valence-corrected chi connectivity index (χ0v) is 6.14. The van der Waals surface area contributed by atoms with E-state index in [-0.39, 0.29) is 18.8 Å². The highest BCUT2D eigenvalue weighted by Gasteiger charge is 2.00. The van der Waals surface area contributed by atoms with Gasteiger partial charge in [-0.1, -0.05) is 0 Å². The van der Waals surface area contributed by atoms with Gasteiger partial charge < -0.3 is 5.11 Å². The minimum Gasteiger partial charge on any atom is -0.481 e. The van der Waals surface area contributed by atoms with Gasteiger partial charge in [0, 0.05) is 0 Å². The first-order valence-electron chi connectivity index (χ1n) is 3.23. The lowest BCUT2D eigenvalue weighted by Crippen LogP contribution is -2.04. The Morgan fingerprint density at radius 2 is 2.58 bits per heavy atom. The third-order valence-corrected chi connectivity index (χ3v) is 1.19. The Labute approximate surface area is 68.1 Å². The molecular weight excluding hydrogens is 160 g/mol. The van der Waals surface area contributed by atoms with E-state index in [4.69, 9.17) is 10.4 Å². The summed E-state index contributed by atoms with van der Waals surface area (Å²) in [5, 5.41) is 20.3. The lowest BCUT2D eigenvalue weighted by Gasteiger charge is -1.93. The molecule has 1 rings (SSSR count). The Bertz CT molecular complexity index is 325. The van der Waals surface area contributed by atoms with Gasteiger partial charge in [-0.15, -0.1) is 5.10 Å². The van der Waals surface area contributed by atoms with E-state index >= 15 is 0 Å². The minimum absolute atomic E-state index is 0.0196. The normalized spacial score (nSPS) is 9.25. The van der Waals surface area contributed by atoms with E-state index in [2.05, 4.69) is 10.1 Å². The number of aliphatic carboxylic acids is 1. The average molecular weight is 166 g/mol. The van der Waals surface area contributed by atoms with Crippen molar-refractivity contribution in [1.29, 1.82) is 5.26 Å². The third-order valence-electron chi connectivity index (χ3n) is 1.19. The predicted molar refractivity (Wildman–Crippen MR) is 37.0 cm³/mol. The molecule has 0 aliphatic rings. The number of nitrogens with zero attached hydrogens (tertiary/aromatic N) is 4. The molecule has 0 spiro atoms. The quantitative estimate of drug-likeness (QED) is 0.661. The number of hydrogen-bond acceptors (Lipinski definition) is 4. The number of aromatic nitrogens is 3. The van der Waals surface area contributed by atoms with Crippen LogP contribution in [0.2, 0.25) is 0 Å². The van der Waals surface area contributed by atoms with Crippen LogP contribution in [0.5, 0.6) is 0 Å². The zero-order chi connectivity index (χ0) is 8.97. The number of aryl methyl sites for hydroxylation is 1. The third kappa shape index (κ3) is 2.05. The molecule has 0 aromatic carbocycles. The first-order chi connectivity index (χ1) is 5.72. The van der Waals surface area contributed by atoms with E-state index in [0.29, 0.717) is 0 Å². The molecule has 0 bridgehead atoms. The molecule has 1 heterocycles. The molecule has 0 atom stereocenters. The molecule has 6 nitrogen and oxygen atoms in total. The van der Waals surface area contributed by atoms with Crippen molar-refractivity contribution in [3.8, 4) is 6.07 Å². The summed E-state index contributed by atoms with van der Waals surface area (Å²) in [6, 6.07) is 1.74. The Balaban J connectivity index is 2.54. The second-order valence-electron chi connectivity index (χ2n) is 2.09. The van der Waals surface area contributed by atoms with Gasteiger partial charge in [-0.2, -0.15) is 5.26 Å². The number of rotatable bonds is 3. The summed E-state index contributed by atoms with van der Waals surface area (Å²) in [5.74, 6) is -0.843. The summed E-state index contributed by atoms with van der Waals surface area (Å²) in [5.41, 5.74) is 0. The van der Waals surface area contributed by atoms with Crippen LogP contribution in [0.3, 0.4) is 0 Å². The van der Waals surface area contributed by atoms with Gasteiger partial charge in [0.15, 0.2) is 0 Å². The molecule has 1 aromatic rings. The van der Waals surface area contributed by atoms with E-state index in [1.165, 1.54) is 11.0 Å². The van der Waals surface area contributed by atoms with Gasteiger partial charge in [0.2, 0.25) is 0 Å². The van der Waals surface area contributed by atoms with Crippen molar-refractivity contribution in [2.24, 2.45) is 0 Å². The predicted octanol–water partition coefficient (Wildman–Crippen LogP) is -0.376. The average Bonchev–Trinajstić information content (AvgIpc) is 2.48. The molecule has 1 N–H and O–H groups in total. The van der Waals surface area contributed by atoms with E-state index in [0.717, 1.165) is 0 Å². The molecule has 0 fully saturated rings. The summed E-state index contributed by atoms with van der Waals surface area (Å²) in [7, 11) is 0. The van der Waals surface area contributed by atoms with Crippen LogP contribution in [0.15, 0.2) is 6.33 Å². The second-order valence-corrected chi connectivity index (χ2v) is 2.09. The van der Waals surface area contributed by atoms with Crippen molar-refractivity contribution in [2.45, 2.75) is 13.0 Å². The lowest BCUT2D eigenvalue weighted by atomic mass is 10.4. The zero-order valence-electron chi connectivity index (χ0n) is 6.14. The molecule has 0 saturated carbocycles. The van der Waals surface area contributed by atoms with Crippen LogP contribution in [-0.2, 0) is 11.3 Å². The minimum atomic E-state index is -0.899. The van der Waals surface area contributed by atoms with Crippen LogP contribution < -0.4 is 0 Å². The molecule has 6 heteroatoms. The van der Waals surface area contributed by atoms with E-state index in [9.17, 15) is 4.79 Å². The van der Waals surface area contributed by atoms with E-state index < -0.39 is 5.97 Å². The summed E-state index contributed by atoms with van der Waals surface area (Å²) >= 11 is 0. The highest BCUT2D eigenvalue weighted by Crippen LogP contribution is 1.90. The molecule has 0 radical (unpaired) electrons. The van der Waals surface area contributed by atoms with E-state index in [1.54, 1.807) is 6.07 Å². The van der Waals surface area contributed by atoms with Crippen LogP contribution in [0.25, 0.3) is 0 Å². The van der Waals surface area contributed by atoms with Crippen LogP contribution in [0.1, 0.15) is 12.2 Å². The van der Waals surface area contributed by atoms with Crippen molar-refractivity contribution in [1.82, 2.24) is 14.8 Å². The van der Waals surface area contributed by atoms with Gasteiger partial charge in [0.25, 0.3) is 5.82 Å². The first-order valence-corrected chi connectivity index (χ1v) is 3.23. The summed E-state index contributed by atoms with van der Waals surface area (Å²) in [6.45, 7) is 0.240. The van der Waals surface area contributed by atoms with Crippen LogP contribution in [-0.4, -0.2) is 25.8 Å². The first kappa shape index (κ1) is 8.20. The fourth-order valence-corrected chi connectivity index (χ4v) is 0.664. The topological polar surface area (TPSA) is 91.8 Å². The smallest absolute Gasteiger partial charge is 0.305 e. The summed E-state index contributed by atoms with van der Waals surface area (Å²) < 4.78 is 1.33. The number of nitriles is 1. The molecule has 0 aliphatic heterocycles. The molecule has 0 saturated heterocycles. The van der Waals surface area contributed by atoms with Crippen LogP contribution in [0, 0.1) is 11.3 Å². The maximum atomic E-state index is 10.1. The van der Waals surface area contributed by atoms with Crippen molar-refractivity contribution >= 4 is 5.97 Å². The number of hydrogen-bond donors (Lipinski definition) is 1. The Kier molecular flexibility index (Phi) is 2.38. The summed E-state index contributed by atoms with van der Waals surface area (Å²) in [6.07, 6.45) is 1.32. The van der Waals surface area contributed by atoms with Gasteiger partial charge >= 0.3 is 5.97 Å². The Hall–Kier alpha value is -1.90. The Morgan fingerprint density at radius 3 is 3.08 bits per heavy atom. The van der Waals surface area contributed by atoms with Crippen molar-refractivity contribution in [3.05, 3.63) is 12.2 Å². The molecule has 0 unspecified atom stereocenters. The summed E-state index contributed by atoms with van der Waals surface area (Å²) in [4.78, 5) is 13.7. The van der Waals surface area contributed by atoms with Gasteiger partial charge in [0.1, 0.15) is 12.4 Å². The van der Waals surface area contributed by atoms with Crippen LogP contribution >= 0.6 is 0 Å². The highest BCUT2D eigenvalue weighted by atomic mass is 16.4. The van der Waals surface area contributed by atoms with E-state index in [1.807, 2.05) is 0 Å². The molecule has 0 amide bonds. The van der Waals surface area contributed by atoms with Crippen LogP contribution in [0.4, 0.5) is 0 Å². The second kappa shape index (κ2) is 3.48. The number of carboxylic acids is 1. The molecule has 0 aliphatic carbocycles. The van der Waals surface area contributed by atoms with Gasteiger partial charge in [-0.05, 0) is 0 Å². The highest BCUT2D eigenvalue weighted by molar-refractivity contribution is 5.66. The molecule has 12 heavy (non-hydrogen) atoms. The van der Waals surface area contributed by atoms with Gasteiger partial charge in [0.05, 0.1) is 13.0 Å². The number of carbonyl (C=O) groups is 1. The van der Waals surface area contributed by atoms with Crippen molar-refractivity contribution in [2.75, 3.05) is 0 Å². The van der Waals surface area contributed by atoms with Gasteiger partial charge in [-0.25, -0.2) is 4.98 Å². The maximum Gasteiger partial charge on any atom is 0.305 e. The SMILES string of the molecule is N#Cc1ncn(CCC(=O)O)n1. The largest absolute Gasteiger partial charge is 0.481 e.